The molecule has 0 bridgehead atoms. The molecule has 1 aliphatic rings. The molecule has 2 nitrogen and oxygen atoms in total. The van der Waals surface area contributed by atoms with Gasteiger partial charge in [0.2, 0.25) is 0 Å². The summed E-state index contributed by atoms with van der Waals surface area (Å²) in [5.74, 6) is 6.04. The van der Waals surface area contributed by atoms with Gasteiger partial charge in [-0.25, -0.2) is 0 Å². The summed E-state index contributed by atoms with van der Waals surface area (Å²) in [7, 11) is 0. The molecule has 5 heteroatoms. The van der Waals surface area contributed by atoms with E-state index >= 15 is 0 Å². The van der Waals surface area contributed by atoms with Gasteiger partial charge in [0.05, 0.1) is 5.56 Å². The third-order valence-corrected chi connectivity index (χ3v) is 4.77. The Balaban J connectivity index is 2.25. The molecule has 2 atom stereocenters. The van der Waals surface area contributed by atoms with Crippen LogP contribution in [-0.2, 0) is 6.18 Å². The summed E-state index contributed by atoms with van der Waals surface area (Å²) in [6, 6.07) is 5.24. The second-order valence-corrected chi connectivity index (χ2v) is 6.60. The second kappa shape index (κ2) is 5.97. The highest BCUT2D eigenvalue weighted by Crippen LogP contribution is 2.46. The van der Waals surface area contributed by atoms with Gasteiger partial charge in [0.15, 0.2) is 0 Å². The minimum absolute atomic E-state index is 0.109. The van der Waals surface area contributed by atoms with Gasteiger partial charge in [-0.05, 0) is 41.9 Å². The van der Waals surface area contributed by atoms with Crippen LogP contribution in [0.4, 0.5) is 13.2 Å². The van der Waals surface area contributed by atoms with Gasteiger partial charge in [0.1, 0.15) is 0 Å². The molecule has 118 valence electrons. The van der Waals surface area contributed by atoms with E-state index in [-0.39, 0.29) is 11.5 Å². The predicted octanol–water partition coefficient (Wildman–Crippen LogP) is 4.43. The fourth-order valence-electron chi connectivity index (χ4n) is 3.46. The molecule has 1 aromatic carbocycles. The van der Waals surface area contributed by atoms with Crippen molar-refractivity contribution >= 4 is 0 Å². The Morgan fingerprint density at radius 1 is 1.19 bits per heavy atom. The summed E-state index contributed by atoms with van der Waals surface area (Å²) in [5, 5.41) is 0. The Bertz CT molecular complexity index is 465. The van der Waals surface area contributed by atoms with Crippen molar-refractivity contribution in [3.05, 3.63) is 35.4 Å². The number of halogens is 3. The van der Waals surface area contributed by atoms with Crippen molar-refractivity contribution in [1.29, 1.82) is 0 Å². The lowest BCUT2D eigenvalue weighted by Gasteiger charge is -2.43. The Morgan fingerprint density at radius 3 is 2.29 bits per heavy atom. The first kappa shape index (κ1) is 16.3. The topological polar surface area (TPSA) is 38.0 Å². The zero-order valence-electron chi connectivity index (χ0n) is 12.5. The Kier molecular flexibility index (Phi) is 4.63. The molecular weight excluding hydrogens is 277 g/mol. The fraction of sp³-hybridized carbons (Fsp3) is 0.625. The van der Waals surface area contributed by atoms with Gasteiger partial charge in [0, 0.05) is 6.04 Å². The third-order valence-electron chi connectivity index (χ3n) is 4.77. The monoisotopic (exact) mass is 300 g/mol. The minimum Gasteiger partial charge on any atom is -0.271 e. The fourth-order valence-corrected chi connectivity index (χ4v) is 3.46. The first-order valence-corrected chi connectivity index (χ1v) is 7.39. The molecule has 0 heterocycles. The van der Waals surface area contributed by atoms with E-state index in [4.69, 9.17) is 5.84 Å². The second-order valence-electron chi connectivity index (χ2n) is 6.60. The van der Waals surface area contributed by atoms with Crippen LogP contribution in [0.3, 0.4) is 0 Å². The number of hydrogen-bond acceptors (Lipinski definition) is 2. The Hall–Kier alpha value is -1.07. The number of hydrogen-bond donors (Lipinski definition) is 2. The lowest BCUT2D eigenvalue weighted by Crippen LogP contribution is -2.41. The third kappa shape index (κ3) is 3.58. The maximum Gasteiger partial charge on any atom is 0.416 e. The van der Waals surface area contributed by atoms with Crippen molar-refractivity contribution < 1.29 is 13.2 Å². The van der Waals surface area contributed by atoms with E-state index in [2.05, 4.69) is 19.3 Å². The smallest absolute Gasteiger partial charge is 0.271 e. The minimum atomic E-state index is -4.30. The summed E-state index contributed by atoms with van der Waals surface area (Å²) in [5.41, 5.74) is 3.16. The first-order valence-electron chi connectivity index (χ1n) is 7.39. The van der Waals surface area contributed by atoms with Crippen LogP contribution in [0.1, 0.15) is 56.7 Å². The van der Waals surface area contributed by atoms with Gasteiger partial charge in [0.25, 0.3) is 0 Å². The number of alkyl halides is 3. The van der Waals surface area contributed by atoms with E-state index in [1.165, 1.54) is 18.6 Å². The Morgan fingerprint density at radius 2 is 1.81 bits per heavy atom. The average Bonchev–Trinajstić information content (AvgIpc) is 2.41. The van der Waals surface area contributed by atoms with Gasteiger partial charge in [-0.15, -0.1) is 0 Å². The maximum atomic E-state index is 12.6. The highest BCUT2D eigenvalue weighted by Gasteiger charge is 2.38. The number of benzene rings is 1. The molecule has 0 saturated heterocycles. The molecule has 2 unspecified atom stereocenters. The molecule has 3 N–H and O–H groups in total. The molecular formula is C16H23F3N2. The van der Waals surface area contributed by atoms with E-state index in [1.54, 1.807) is 0 Å². The van der Waals surface area contributed by atoms with Gasteiger partial charge >= 0.3 is 6.18 Å². The van der Waals surface area contributed by atoms with Crippen molar-refractivity contribution in [3.63, 3.8) is 0 Å². The van der Waals surface area contributed by atoms with Crippen LogP contribution in [0.15, 0.2) is 24.3 Å². The summed E-state index contributed by atoms with van der Waals surface area (Å²) in [6.45, 7) is 4.43. The van der Waals surface area contributed by atoms with Gasteiger partial charge < -0.3 is 0 Å². The quantitative estimate of drug-likeness (QED) is 0.640. The number of nitrogens with one attached hydrogen (secondary N) is 1. The van der Waals surface area contributed by atoms with E-state index in [1.807, 2.05) is 0 Å². The van der Waals surface area contributed by atoms with Crippen molar-refractivity contribution in [2.45, 2.75) is 51.7 Å². The van der Waals surface area contributed by atoms with E-state index < -0.39 is 11.7 Å². The number of rotatable bonds is 3. The molecule has 1 saturated carbocycles. The van der Waals surface area contributed by atoms with E-state index in [0.29, 0.717) is 5.92 Å². The zero-order chi connectivity index (χ0) is 15.7. The molecule has 0 amide bonds. The molecule has 2 rings (SSSR count). The highest BCUT2D eigenvalue weighted by molar-refractivity contribution is 5.27. The summed E-state index contributed by atoms with van der Waals surface area (Å²) in [4.78, 5) is 0. The van der Waals surface area contributed by atoms with Crippen molar-refractivity contribution in [2.75, 3.05) is 0 Å². The standard InChI is InChI=1S/C16H23F3N2/c1-15(2)10-4-3-5-13(15)14(21-20)11-6-8-12(9-7-11)16(17,18)19/h6-9,13-14,21H,3-5,10,20H2,1-2H3. The van der Waals surface area contributed by atoms with Gasteiger partial charge in [-0.1, -0.05) is 38.8 Å². The number of hydrazine groups is 1. The molecule has 21 heavy (non-hydrogen) atoms. The number of nitrogens with two attached hydrogens (primary N) is 1. The van der Waals surface area contributed by atoms with Crippen LogP contribution >= 0.6 is 0 Å². The summed E-state index contributed by atoms with van der Waals surface area (Å²) >= 11 is 0. The largest absolute Gasteiger partial charge is 0.416 e. The van der Waals surface area contributed by atoms with Crippen LogP contribution in [0.5, 0.6) is 0 Å². The summed E-state index contributed by atoms with van der Waals surface area (Å²) in [6.07, 6.45) is 0.217. The summed E-state index contributed by atoms with van der Waals surface area (Å²) < 4.78 is 37.9. The normalized spacial score (nSPS) is 23.8. The van der Waals surface area contributed by atoms with E-state index in [9.17, 15) is 13.2 Å². The van der Waals surface area contributed by atoms with Crippen molar-refractivity contribution in [3.8, 4) is 0 Å². The average molecular weight is 300 g/mol. The predicted molar refractivity (Wildman–Crippen MR) is 77.2 cm³/mol. The van der Waals surface area contributed by atoms with Crippen LogP contribution in [-0.4, -0.2) is 0 Å². The molecule has 0 aromatic heterocycles. The van der Waals surface area contributed by atoms with Crippen molar-refractivity contribution in [1.82, 2.24) is 5.43 Å². The highest BCUT2D eigenvalue weighted by atomic mass is 19.4. The Labute approximate surface area is 123 Å². The lowest BCUT2D eigenvalue weighted by molar-refractivity contribution is -0.137. The first-order chi connectivity index (χ1) is 9.75. The molecule has 0 spiro atoms. The van der Waals surface area contributed by atoms with Gasteiger partial charge in [-0.3, -0.25) is 11.3 Å². The van der Waals surface area contributed by atoms with Gasteiger partial charge in [-0.2, -0.15) is 13.2 Å². The molecule has 1 aliphatic carbocycles. The maximum absolute atomic E-state index is 12.6. The lowest BCUT2D eigenvalue weighted by atomic mass is 9.65. The van der Waals surface area contributed by atoms with Crippen molar-refractivity contribution in [2.24, 2.45) is 17.2 Å². The molecule has 1 fully saturated rings. The zero-order valence-corrected chi connectivity index (χ0v) is 12.5. The molecule has 0 radical (unpaired) electrons. The van der Waals surface area contributed by atoms with Crippen LogP contribution in [0, 0.1) is 11.3 Å². The van der Waals surface area contributed by atoms with Crippen LogP contribution in [0.2, 0.25) is 0 Å². The molecule has 1 aromatic rings. The SMILES string of the molecule is CC1(C)CCCCC1C(NN)c1ccc(C(F)(F)F)cc1. The van der Waals surface area contributed by atoms with Crippen LogP contribution in [0.25, 0.3) is 0 Å². The van der Waals surface area contributed by atoms with E-state index in [0.717, 1.165) is 37.0 Å². The molecule has 0 aliphatic heterocycles. The van der Waals surface area contributed by atoms with Crippen LogP contribution < -0.4 is 11.3 Å².